The van der Waals surface area contributed by atoms with Gasteiger partial charge in [-0.1, -0.05) is 36.4 Å². The first-order valence-electron chi connectivity index (χ1n) is 8.40. The predicted molar refractivity (Wildman–Crippen MR) is 108 cm³/mol. The van der Waals surface area contributed by atoms with E-state index in [-0.39, 0.29) is 17.4 Å². The molecule has 0 aliphatic carbocycles. The Balaban J connectivity index is 1.66. The predicted octanol–water partition coefficient (Wildman–Crippen LogP) is 3.32. The molecule has 4 amide bonds. The number of anilines is 2. The summed E-state index contributed by atoms with van der Waals surface area (Å²) < 4.78 is 0. The van der Waals surface area contributed by atoms with Gasteiger partial charge in [0.25, 0.3) is 11.1 Å². The minimum Gasteiger partial charge on any atom is -0.326 e. The summed E-state index contributed by atoms with van der Waals surface area (Å²) >= 11 is 0.805. The number of nitrogens with one attached hydrogen (secondary N) is 2. The van der Waals surface area contributed by atoms with Crippen LogP contribution in [-0.2, 0) is 14.4 Å². The minimum absolute atomic E-state index is 0.230. The zero-order valence-corrected chi connectivity index (χ0v) is 15.8. The number of carbonyl (C=O) groups is 4. The van der Waals surface area contributed by atoms with Crippen molar-refractivity contribution in [2.75, 3.05) is 17.2 Å². The lowest BCUT2D eigenvalue weighted by Gasteiger charge is -2.13. The van der Waals surface area contributed by atoms with Gasteiger partial charge in [-0.15, -0.1) is 0 Å². The van der Waals surface area contributed by atoms with Crippen LogP contribution in [0.15, 0.2) is 59.5 Å². The Hall–Kier alpha value is -3.39. The van der Waals surface area contributed by atoms with E-state index in [4.69, 9.17) is 0 Å². The standard InChI is InChI=1S/C20H17N3O4S/c1-13(24)21-15-8-5-9-16(11-15)22-18(25)12-23-19(26)17(28-20(23)27)10-14-6-3-2-4-7-14/h2-11H,12H2,1H3,(H,21,24)(H,22,25)/b17-10+. The fraction of sp³-hybridized carbons (Fsp3) is 0.100. The van der Waals surface area contributed by atoms with Crippen molar-refractivity contribution in [1.82, 2.24) is 4.90 Å². The lowest BCUT2D eigenvalue weighted by Crippen LogP contribution is -2.36. The van der Waals surface area contributed by atoms with E-state index >= 15 is 0 Å². The highest BCUT2D eigenvalue weighted by atomic mass is 32.2. The van der Waals surface area contributed by atoms with Gasteiger partial charge in [0, 0.05) is 18.3 Å². The van der Waals surface area contributed by atoms with Crippen molar-refractivity contribution >= 4 is 52.2 Å². The molecule has 2 aromatic carbocycles. The first-order chi connectivity index (χ1) is 13.4. The first kappa shape index (κ1) is 19.4. The van der Waals surface area contributed by atoms with Gasteiger partial charge in [-0.3, -0.25) is 24.1 Å². The second-order valence-corrected chi connectivity index (χ2v) is 6.98. The number of thioether (sulfide) groups is 1. The molecule has 1 saturated heterocycles. The number of carbonyl (C=O) groups excluding carboxylic acids is 4. The largest absolute Gasteiger partial charge is 0.326 e. The molecule has 0 atom stereocenters. The second kappa shape index (κ2) is 8.53. The third kappa shape index (κ3) is 4.86. The maximum atomic E-state index is 12.5. The van der Waals surface area contributed by atoms with Gasteiger partial charge in [0.15, 0.2) is 0 Å². The van der Waals surface area contributed by atoms with Crippen LogP contribution in [0.2, 0.25) is 0 Å². The smallest absolute Gasteiger partial charge is 0.294 e. The number of hydrogen-bond donors (Lipinski definition) is 2. The van der Waals surface area contributed by atoms with Crippen molar-refractivity contribution in [1.29, 1.82) is 0 Å². The molecule has 0 aromatic heterocycles. The molecule has 1 fully saturated rings. The third-order valence-electron chi connectivity index (χ3n) is 3.74. The highest BCUT2D eigenvalue weighted by molar-refractivity contribution is 8.18. The minimum atomic E-state index is -0.511. The number of amides is 4. The van der Waals surface area contributed by atoms with E-state index in [1.807, 2.05) is 30.3 Å². The molecule has 3 rings (SSSR count). The van der Waals surface area contributed by atoms with Crippen LogP contribution in [0.5, 0.6) is 0 Å². The molecule has 0 radical (unpaired) electrons. The van der Waals surface area contributed by atoms with E-state index in [1.54, 1.807) is 30.3 Å². The molecule has 8 heteroatoms. The van der Waals surface area contributed by atoms with E-state index in [9.17, 15) is 19.2 Å². The molecule has 142 valence electrons. The summed E-state index contributed by atoms with van der Waals surface area (Å²) in [5.41, 5.74) is 1.78. The molecular weight excluding hydrogens is 378 g/mol. The Morgan fingerprint density at radius 2 is 1.68 bits per heavy atom. The Kier molecular flexibility index (Phi) is 5.90. The third-order valence-corrected chi connectivity index (χ3v) is 4.65. The molecule has 2 N–H and O–H groups in total. The molecule has 28 heavy (non-hydrogen) atoms. The summed E-state index contributed by atoms with van der Waals surface area (Å²) in [6, 6.07) is 15.7. The van der Waals surface area contributed by atoms with Gasteiger partial charge < -0.3 is 10.6 Å². The van der Waals surface area contributed by atoms with E-state index in [0.29, 0.717) is 11.4 Å². The van der Waals surface area contributed by atoms with Gasteiger partial charge in [0.2, 0.25) is 11.8 Å². The van der Waals surface area contributed by atoms with Crippen LogP contribution in [0.1, 0.15) is 12.5 Å². The van der Waals surface area contributed by atoms with Crippen molar-refractivity contribution in [2.24, 2.45) is 0 Å². The molecule has 0 spiro atoms. The second-order valence-electron chi connectivity index (χ2n) is 5.99. The lowest BCUT2D eigenvalue weighted by atomic mass is 10.2. The number of imide groups is 1. The zero-order chi connectivity index (χ0) is 20.1. The Morgan fingerprint density at radius 3 is 2.36 bits per heavy atom. The Bertz CT molecular complexity index is 972. The fourth-order valence-electron chi connectivity index (χ4n) is 2.56. The summed E-state index contributed by atoms with van der Waals surface area (Å²) in [7, 11) is 0. The van der Waals surface area contributed by atoms with Crippen LogP contribution >= 0.6 is 11.8 Å². The van der Waals surface area contributed by atoms with E-state index < -0.39 is 17.1 Å². The van der Waals surface area contributed by atoms with E-state index in [0.717, 1.165) is 22.2 Å². The summed E-state index contributed by atoms with van der Waals surface area (Å²) in [5, 5.41) is 4.75. The van der Waals surface area contributed by atoms with Crippen molar-refractivity contribution in [3.05, 3.63) is 65.1 Å². The van der Waals surface area contributed by atoms with Gasteiger partial charge >= 0.3 is 0 Å². The molecule has 0 bridgehead atoms. The average Bonchev–Trinajstić information content (AvgIpc) is 2.90. The summed E-state index contributed by atoms with van der Waals surface area (Å²) in [4.78, 5) is 49.2. The lowest BCUT2D eigenvalue weighted by molar-refractivity contribution is -0.127. The van der Waals surface area contributed by atoms with Crippen molar-refractivity contribution in [2.45, 2.75) is 6.92 Å². The fourth-order valence-corrected chi connectivity index (χ4v) is 3.40. The maximum Gasteiger partial charge on any atom is 0.294 e. The SMILES string of the molecule is CC(=O)Nc1cccc(NC(=O)CN2C(=O)S/C(=C/c3ccccc3)C2=O)c1. The monoisotopic (exact) mass is 395 g/mol. The Morgan fingerprint density at radius 1 is 1.00 bits per heavy atom. The molecule has 0 saturated carbocycles. The van der Waals surface area contributed by atoms with Gasteiger partial charge in [-0.2, -0.15) is 0 Å². The zero-order valence-electron chi connectivity index (χ0n) is 15.0. The van der Waals surface area contributed by atoms with Gasteiger partial charge in [-0.25, -0.2) is 0 Å². The van der Waals surface area contributed by atoms with Crippen LogP contribution in [0.25, 0.3) is 6.08 Å². The van der Waals surface area contributed by atoms with Gasteiger partial charge in [-0.05, 0) is 41.6 Å². The van der Waals surface area contributed by atoms with Crippen molar-refractivity contribution in [3.63, 3.8) is 0 Å². The molecule has 1 aliphatic rings. The highest BCUT2D eigenvalue weighted by Crippen LogP contribution is 2.32. The molecule has 1 heterocycles. The average molecular weight is 395 g/mol. The summed E-state index contributed by atoms with van der Waals surface area (Å²) in [5.74, 6) is -1.24. The molecule has 2 aromatic rings. The normalized spacial score (nSPS) is 15.0. The van der Waals surface area contributed by atoms with Crippen LogP contribution in [0.4, 0.5) is 16.2 Å². The van der Waals surface area contributed by atoms with Crippen LogP contribution in [0, 0.1) is 0 Å². The van der Waals surface area contributed by atoms with Crippen molar-refractivity contribution in [3.8, 4) is 0 Å². The van der Waals surface area contributed by atoms with Gasteiger partial charge in [0.1, 0.15) is 6.54 Å². The number of nitrogens with zero attached hydrogens (tertiary/aromatic N) is 1. The number of hydrogen-bond acceptors (Lipinski definition) is 5. The van der Waals surface area contributed by atoms with E-state index in [1.165, 1.54) is 6.92 Å². The van der Waals surface area contributed by atoms with E-state index in [2.05, 4.69) is 10.6 Å². The van der Waals surface area contributed by atoms with Crippen molar-refractivity contribution < 1.29 is 19.2 Å². The topological polar surface area (TPSA) is 95.6 Å². The maximum absolute atomic E-state index is 12.5. The Labute approximate surface area is 165 Å². The molecule has 0 unspecified atom stereocenters. The van der Waals surface area contributed by atoms with Crippen LogP contribution in [-0.4, -0.2) is 34.4 Å². The highest BCUT2D eigenvalue weighted by Gasteiger charge is 2.36. The summed E-state index contributed by atoms with van der Waals surface area (Å²) in [6.07, 6.45) is 1.62. The first-order valence-corrected chi connectivity index (χ1v) is 9.22. The quantitative estimate of drug-likeness (QED) is 0.757. The molecular formula is C20H17N3O4S. The number of benzene rings is 2. The van der Waals surface area contributed by atoms with Gasteiger partial charge in [0.05, 0.1) is 4.91 Å². The number of rotatable bonds is 5. The molecule has 7 nitrogen and oxygen atoms in total. The molecule has 1 aliphatic heterocycles. The van der Waals surface area contributed by atoms with Crippen LogP contribution < -0.4 is 10.6 Å². The van der Waals surface area contributed by atoms with Crippen LogP contribution in [0.3, 0.4) is 0 Å². The summed E-state index contributed by atoms with van der Waals surface area (Å²) in [6.45, 7) is 0.995.